The monoisotopic (exact) mass is 434 g/mol. The van der Waals surface area contributed by atoms with Crippen molar-refractivity contribution in [3.63, 3.8) is 0 Å². The van der Waals surface area contributed by atoms with Gasteiger partial charge in [0.1, 0.15) is 5.82 Å². The molecule has 4 rings (SSSR count). The van der Waals surface area contributed by atoms with Gasteiger partial charge in [-0.05, 0) is 44.2 Å². The van der Waals surface area contributed by atoms with E-state index in [9.17, 15) is 22.7 Å². The number of benzene rings is 2. The Balaban J connectivity index is 1.72. The Morgan fingerprint density at radius 2 is 1.84 bits per heavy atom. The maximum absolute atomic E-state index is 14.2. The van der Waals surface area contributed by atoms with Crippen molar-refractivity contribution in [3.05, 3.63) is 53.3 Å². The first-order valence-electron chi connectivity index (χ1n) is 9.89. The van der Waals surface area contributed by atoms with E-state index in [1.54, 1.807) is 11.0 Å². The third-order valence-corrected chi connectivity index (χ3v) is 5.32. The number of nitrogens with zero attached hydrogens (tertiary/aromatic N) is 2. The van der Waals surface area contributed by atoms with Gasteiger partial charge in [0.25, 0.3) is 0 Å². The summed E-state index contributed by atoms with van der Waals surface area (Å²) in [6.45, 7) is 4.78. The average Bonchev–Trinajstić information content (AvgIpc) is 3.01. The molecule has 0 amide bonds. The fourth-order valence-corrected chi connectivity index (χ4v) is 4.11. The van der Waals surface area contributed by atoms with Crippen LogP contribution in [0, 0.1) is 5.82 Å². The van der Waals surface area contributed by atoms with Gasteiger partial charge in [0, 0.05) is 42.5 Å². The lowest BCUT2D eigenvalue weighted by Crippen LogP contribution is -2.54. The number of anilines is 1. The summed E-state index contributed by atoms with van der Waals surface area (Å²) in [6.07, 6.45) is -3.39. The SMILES string of the molecule is CC1CN(c2ccc(N=Cc3c(O)[nH]c4cccc(F)c34)cc2C(F)(F)F)CC(C)N1. The molecule has 5 nitrogen and oxygen atoms in total. The molecule has 2 atom stereocenters. The van der Waals surface area contributed by atoms with Crippen LogP contribution in [0.2, 0.25) is 0 Å². The van der Waals surface area contributed by atoms with Gasteiger partial charge in [-0.15, -0.1) is 0 Å². The predicted molar refractivity (Wildman–Crippen MR) is 113 cm³/mol. The van der Waals surface area contributed by atoms with E-state index in [2.05, 4.69) is 15.3 Å². The number of hydrogen-bond acceptors (Lipinski definition) is 4. The molecule has 0 radical (unpaired) electrons. The quantitative estimate of drug-likeness (QED) is 0.403. The molecular formula is C22H22F4N4O. The summed E-state index contributed by atoms with van der Waals surface area (Å²) in [5.41, 5.74) is -0.175. The Hall–Kier alpha value is -3.07. The summed E-state index contributed by atoms with van der Waals surface area (Å²) in [4.78, 5) is 8.45. The summed E-state index contributed by atoms with van der Waals surface area (Å²) in [7, 11) is 0. The second kappa shape index (κ2) is 7.88. The minimum Gasteiger partial charge on any atom is -0.494 e. The second-order valence-electron chi connectivity index (χ2n) is 7.88. The van der Waals surface area contributed by atoms with Gasteiger partial charge in [0.05, 0.1) is 22.3 Å². The van der Waals surface area contributed by atoms with Gasteiger partial charge in [-0.1, -0.05) is 6.07 Å². The number of aromatic nitrogens is 1. The van der Waals surface area contributed by atoms with Gasteiger partial charge >= 0.3 is 6.18 Å². The third-order valence-electron chi connectivity index (χ3n) is 5.32. The molecule has 1 fully saturated rings. The van der Waals surface area contributed by atoms with E-state index >= 15 is 0 Å². The Morgan fingerprint density at radius 1 is 1.13 bits per heavy atom. The number of nitrogens with one attached hydrogen (secondary N) is 2. The molecule has 0 spiro atoms. The van der Waals surface area contributed by atoms with Gasteiger partial charge < -0.3 is 20.3 Å². The zero-order valence-corrected chi connectivity index (χ0v) is 17.0. The molecule has 164 valence electrons. The summed E-state index contributed by atoms with van der Waals surface area (Å²) in [5.74, 6) is -0.871. The van der Waals surface area contributed by atoms with Gasteiger partial charge in [0.15, 0.2) is 5.88 Å². The summed E-state index contributed by atoms with van der Waals surface area (Å²) in [6, 6.07) is 8.30. The first-order chi connectivity index (χ1) is 14.6. The molecule has 9 heteroatoms. The third kappa shape index (κ3) is 4.23. The Bertz CT molecular complexity index is 1130. The highest BCUT2D eigenvalue weighted by Gasteiger charge is 2.36. The summed E-state index contributed by atoms with van der Waals surface area (Å²) < 4.78 is 55.7. The van der Waals surface area contributed by atoms with Crippen molar-refractivity contribution >= 4 is 28.5 Å². The van der Waals surface area contributed by atoms with Crippen molar-refractivity contribution in [1.82, 2.24) is 10.3 Å². The Kier molecular flexibility index (Phi) is 5.38. The van der Waals surface area contributed by atoms with Crippen LogP contribution in [0.25, 0.3) is 10.9 Å². The highest BCUT2D eigenvalue weighted by molar-refractivity contribution is 6.02. The van der Waals surface area contributed by atoms with E-state index in [0.29, 0.717) is 18.6 Å². The number of piperazine rings is 1. The van der Waals surface area contributed by atoms with Crippen LogP contribution in [0.1, 0.15) is 25.0 Å². The van der Waals surface area contributed by atoms with Gasteiger partial charge in [-0.25, -0.2) is 4.39 Å². The number of aromatic amines is 1. The number of aliphatic imine (C=N–C) groups is 1. The van der Waals surface area contributed by atoms with Crippen molar-refractivity contribution in [2.75, 3.05) is 18.0 Å². The highest BCUT2D eigenvalue weighted by atomic mass is 19.4. The lowest BCUT2D eigenvalue weighted by Gasteiger charge is -2.38. The van der Waals surface area contributed by atoms with Crippen LogP contribution in [0.4, 0.5) is 28.9 Å². The molecule has 1 aliphatic heterocycles. The average molecular weight is 434 g/mol. The van der Waals surface area contributed by atoms with Crippen molar-refractivity contribution in [3.8, 4) is 5.88 Å². The van der Waals surface area contributed by atoms with E-state index in [-0.39, 0.29) is 40.3 Å². The minimum atomic E-state index is -4.56. The van der Waals surface area contributed by atoms with Crippen molar-refractivity contribution < 1.29 is 22.7 Å². The van der Waals surface area contributed by atoms with E-state index < -0.39 is 17.6 Å². The van der Waals surface area contributed by atoms with Crippen LogP contribution in [-0.4, -0.2) is 41.5 Å². The number of aromatic hydroxyl groups is 1. The molecule has 1 aromatic heterocycles. The maximum atomic E-state index is 14.2. The van der Waals surface area contributed by atoms with Crippen LogP contribution in [-0.2, 0) is 6.18 Å². The molecule has 1 aliphatic rings. The van der Waals surface area contributed by atoms with Gasteiger partial charge in [-0.3, -0.25) is 4.99 Å². The Labute approximate surface area is 176 Å². The van der Waals surface area contributed by atoms with Crippen molar-refractivity contribution in [2.24, 2.45) is 4.99 Å². The van der Waals surface area contributed by atoms with Gasteiger partial charge in [-0.2, -0.15) is 13.2 Å². The highest BCUT2D eigenvalue weighted by Crippen LogP contribution is 2.39. The first kappa shape index (κ1) is 21.2. The molecule has 31 heavy (non-hydrogen) atoms. The zero-order valence-electron chi connectivity index (χ0n) is 17.0. The van der Waals surface area contributed by atoms with E-state index in [1.165, 1.54) is 30.5 Å². The fourth-order valence-electron chi connectivity index (χ4n) is 4.11. The summed E-state index contributed by atoms with van der Waals surface area (Å²) >= 11 is 0. The molecule has 0 bridgehead atoms. The number of rotatable bonds is 3. The number of H-pyrrole nitrogens is 1. The van der Waals surface area contributed by atoms with Gasteiger partial charge in [0.2, 0.25) is 0 Å². The number of halogens is 4. The topological polar surface area (TPSA) is 63.6 Å². The van der Waals surface area contributed by atoms with Crippen LogP contribution >= 0.6 is 0 Å². The minimum absolute atomic E-state index is 0.0531. The molecular weight excluding hydrogens is 412 g/mol. The number of hydrogen-bond donors (Lipinski definition) is 3. The molecule has 0 saturated carbocycles. The fraction of sp³-hybridized carbons (Fsp3) is 0.318. The van der Waals surface area contributed by atoms with Crippen molar-refractivity contribution in [2.45, 2.75) is 32.1 Å². The standard InChI is InChI=1S/C22H22F4N4O/c1-12-10-30(11-13(2)28-12)19-7-6-14(8-16(19)22(24,25)26)27-9-15-20-17(23)4-3-5-18(20)29-21(15)31/h3-9,12-13,28-29,31H,10-11H2,1-2H3. The van der Waals surface area contributed by atoms with E-state index in [4.69, 9.17) is 0 Å². The normalized spacial score (nSPS) is 20.1. The molecule has 2 heterocycles. The number of alkyl halides is 3. The second-order valence-corrected chi connectivity index (χ2v) is 7.88. The number of fused-ring (bicyclic) bond motifs is 1. The van der Waals surface area contributed by atoms with E-state index in [1.807, 2.05) is 13.8 Å². The largest absolute Gasteiger partial charge is 0.494 e. The molecule has 2 unspecified atom stereocenters. The Morgan fingerprint density at radius 3 is 2.52 bits per heavy atom. The molecule has 1 saturated heterocycles. The van der Waals surface area contributed by atoms with Crippen molar-refractivity contribution in [1.29, 1.82) is 0 Å². The zero-order chi connectivity index (χ0) is 22.3. The molecule has 3 aromatic rings. The molecule has 3 N–H and O–H groups in total. The van der Waals surface area contributed by atoms with E-state index in [0.717, 1.165) is 6.07 Å². The van der Waals surface area contributed by atoms with Crippen LogP contribution in [0.15, 0.2) is 41.4 Å². The lowest BCUT2D eigenvalue weighted by atomic mass is 10.1. The van der Waals surface area contributed by atoms with Crippen LogP contribution in [0.5, 0.6) is 5.88 Å². The molecule has 0 aliphatic carbocycles. The predicted octanol–water partition coefficient (Wildman–Crippen LogP) is 4.97. The van der Waals surface area contributed by atoms with Crippen LogP contribution in [0.3, 0.4) is 0 Å². The maximum Gasteiger partial charge on any atom is 0.418 e. The smallest absolute Gasteiger partial charge is 0.418 e. The molecule has 2 aromatic carbocycles. The lowest BCUT2D eigenvalue weighted by molar-refractivity contribution is -0.137. The summed E-state index contributed by atoms with van der Waals surface area (Å²) in [5, 5.41) is 13.5. The van der Waals surface area contributed by atoms with Crippen LogP contribution < -0.4 is 10.2 Å². The first-order valence-corrected chi connectivity index (χ1v) is 9.89.